The molecule has 0 radical (unpaired) electrons. The van der Waals surface area contributed by atoms with E-state index in [4.69, 9.17) is 5.26 Å². The van der Waals surface area contributed by atoms with E-state index in [2.05, 4.69) is 11.4 Å². The van der Waals surface area contributed by atoms with Gasteiger partial charge in [-0.3, -0.25) is 4.79 Å². The van der Waals surface area contributed by atoms with Crippen LogP contribution in [0.1, 0.15) is 29.8 Å². The Bertz CT molecular complexity index is 682. The number of carbonyl (C=O) groups excluding carboxylic acids is 1. The van der Waals surface area contributed by atoms with Crippen molar-refractivity contribution >= 4 is 17.3 Å². The Balaban J connectivity index is 2.12. The number of nitrogens with zero attached hydrogens (tertiary/aromatic N) is 2. The predicted octanol–water partition coefficient (Wildman–Crippen LogP) is 3.78. The van der Waals surface area contributed by atoms with Crippen molar-refractivity contribution in [3.05, 3.63) is 59.7 Å². The van der Waals surface area contributed by atoms with Gasteiger partial charge < -0.3 is 10.2 Å². The second-order valence-corrected chi connectivity index (χ2v) is 4.87. The summed E-state index contributed by atoms with van der Waals surface area (Å²) in [6.07, 6.45) is 0. The van der Waals surface area contributed by atoms with Crippen LogP contribution in [0.25, 0.3) is 0 Å². The number of benzene rings is 2. The molecule has 0 aliphatic carbocycles. The third-order valence-electron chi connectivity index (χ3n) is 3.46. The topological polar surface area (TPSA) is 56.1 Å². The molecular formula is C18H19N3O. The number of anilines is 2. The Morgan fingerprint density at radius 1 is 1.09 bits per heavy atom. The lowest BCUT2D eigenvalue weighted by Gasteiger charge is -2.18. The van der Waals surface area contributed by atoms with Gasteiger partial charge in [-0.2, -0.15) is 5.26 Å². The van der Waals surface area contributed by atoms with E-state index in [1.54, 1.807) is 17.0 Å². The van der Waals surface area contributed by atoms with Gasteiger partial charge in [-0.05, 0) is 56.3 Å². The molecule has 112 valence electrons. The van der Waals surface area contributed by atoms with Crippen LogP contribution >= 0.6 is 0 Å². The lowest BCUT2D eigenvalue weighted by Crippen LogP contribution is -2.30. The molecule has 0 atom stereocenters. The highest BCUT2D eigenvalue weighted by Gasteiger charge is 2.11. The van der Waals surface area contributed by atoms with Crippen molar-refractivity contribution in [2.24, 2.45) is 0 Å². The molecule has 2 rings (SSSR count). The van der Waals surface area contributed by atoms with Crippen LogP contribution < -0.4 is 5.32 Å². The number of hydrogen-bond acceptors (Lipinski definition) is 3. The highest BCUT2D eigenvalue weighted by atomic mass is 16.2. The number of nitrogens with one attached hydrogen (secondary N) is 1. The van der Waals surface area contributed by atoms with Gasteiger partial charge in [0.25, 0.3) is 5.91 Å². The fourth-order valence-electron chi connectivity index (χ4n) is 2.22. The molecule has 0 heterocycles. The van der Waals surface area contributed by atoms with E-state index in [0.717, 1.165) is 11.4 Å². The van der Waals surface area contributed by atoms with Crippen molar-refractivity contribution in [3.63, 3.8) is 0 Å². The van der Waals surface area contributed by atoms with Crippen LogP contribution in [-0.2, 0) is 0 Å². The molecule has 0 fully saturated rings. The van der Waals surface area contributed by atoms with Gasteiger partial charge in [-0.1, -0.05) is 6.07 Å². The van der Waals surface area contributed by atoms with E-state index < -0.39 is 0 Å². The molecule has 0 spiro atoms. The molecule has 0 aliphatic heterocycles. The van der Waals surface area contributed by atoms with Gasteiger partial charge in [-0.15, -0.1) is 0 Å². The SMILES string of the molecule is CCN(CC)C(=O)c1ccc(Nc2cccc(C#N)c2)cc1. The molecule has 1 amide bonds. The predicted molar refractivity (Wildman–Crippen MR) is 88.1 cm³/mol. The van der Waals surface area contributed by atoms with E-state index in [9.17, 15) is 4.79 Å². The summed E-state index contributed by atoms with van der Waals surface area (Å²) in [5.41, 5.74) is 3.02. The molecule has 0 saturated carbocycles. The molecule has 0 saturated heterocycles. The summed E-state index contributed by atoms with van der Waals surface area (Å²) in [5.74, 6) is 0.0445. The zero-order valence-corrected chi connectivity index (χ0v) is 12.8. The fourth-order valence-corrected chi connectivity index (χ4v) is 2.22. The number of rotatable bonds is 5. The van der Waals surface area contributed by atoms with E-state index in [1.165, 1.54) is 0 Å². The van der Waals surface area contributed by atoms with E-state index >= 15 is 0 Å². The van der Waals surface area contributed by atoms with Crippen molar-refractivity contribution < 1.29 is 4.79 Å². The maximum atomic E-state index is 12.2. The van der Waals surface area contributed by atoms with Gasteiger partial charge >= 0.3 is 0 Å². The van der Waals surface area contributed by atoms with E-state index in [0.29, 0.717) is 24.2 Å². The number of hydrogen-bond donors (Lipinski definition) is 1. The first-order valence-electron chi connectivity index (χ1n) is 7.34. The molecule has 22 heavy (non-hydrogen) atoms. The van der Waals surface area contributed by atoms with Crippen molar-refractivity contribution in [1.82, 2.24) is 4.90 Å². The quantitative estimate of drug-likeness (QED) is 0.912. The highest BCUT2D eigenvalue weighted by Crippen LogP contribution is 2.18. The molecule has 0 aromatic heterocycles. The van der Waals surface area contributed by atoms with Crippen LogP contribution in [0, 0.1) is 11.3 Å². The van der Waals surface area contributed by atoms with Crippen molar-refractivity contribution in [2.75, 3.05) is 18.4 Å². The summed E-state index contributed by atoms with van der Waals surface area (Å²) in [6.45, 7) is 5.35. The minimum atomic E-state index is 0.0445. The minimum absolute atomic E-state index is 0.0445. The largest absolute Gasteiger partial charge is 0.355 e. The van der Waals surface area contributed by atoms with Gasteiger partial charge in [-0.25, -0.2) is 0 Å². The maximum Gasteiger partial charge on any atom is 0.253 e. The van der Waals surface area contributed by atoms with Crippen LogP contribution in [0.5, 0.6) is 0 Å². The average molecular weight is 293 g/mol. The Kier molecular flexibility index (Phi) is 5.16. The second kappa shape index (κ2) is 7.28. The standard InChI is InChI=1S/C18H19N3O/c1-3-21(4-2)18(22)15-8-10-16(11-9-15)20-17-7-5-6-14(12-17)13-19/h5-12,20H,3-4H2,1-2H3. The Labute approximate surface area is 131 Å². The molecule has 2 aromatic carbocycles. The van der Waals surface area contributed by atoms with Crippen molar-refractivity contribution in [3.8, 4) is 6.07 Å². The van der Waals surface area contributed by atoms with Crippen LogP contribution in [0.15, 0.2) is 48.5 Å². The third-order valence-corrected chi connectivity index (χ3v) is 3.46. The number of nitriles is 1. The third kappa shape index (κ3) is 3.64. The van der Waals surface area contributed by atoms with Gasteiger partial charge in [0.1, 0.15) is 0 Å². The van der Waals surface area contributed by atoms with Crippen LogP contribution in [0.3, 0.4) is 0 Å². The van der Waals surface area contributed by atoms with Gasteiger partial charge in [0.15, 0.2) is 0 Å². The lowest BCUT2D eigenvalue weighted by atomic mass is 10.1. The maximum absolute atomic E-state index is 12.2. The van der Waals surface area contributed by atoms with Crippen LogP contribution in [0.4, 0.5) is 11.4 Å². The molecule has 4 nitrogen and oxygen atoms in total. The summed E-state index contributed by atoms with van der Waals surface area (Å²) in [4.78, 5) is 14.0. The summed E-state index contributed by atoms with van der Waals surface area (Å²) >= 11 is 0. The molecule has 0 unspecified atom stereocenters. The fraction of sp³-hybridized carbons (Fsp3) is 0.222. The second-order valence-electron chi connectivity index (χ2n) is 4.87. The van der Waals surface area contributed by atoms with Gasteiger partial charge in [0, 0.05) is 30.0 Å². The smallest absolute Gasteiger partial charge is 0.253 e. The number of carbonyl (C=O) groups is 1. The Hall–Kier alpha value is -2.80. The summed E-state index contributed by atoms with van der Waals surface area (Å²) < 4.78 is 0. The summed E-state index contributed by atoms with van der Waals surface area (Å²) in [5, 5.41) is 12.1. The molecule has 1 N–H and O–H groups in total. The Morgan fingerprint density at radius 3 is 2.36 bits per heavy atom. The highest BCUT2D eigenvalue weighted by molar-refractivity contribution is 5.94. The van der Waals surface area contributed by atoms with E-state index in [1.807, 2.05) is 50.2 Å². The first kappa shape index (κ1) is 15.6. The summed E-state index contributed by atoms with van der Waals surface area (Å²) in [7, 11) is 0. The molecule has 2 aromatic rings. The molecular weight excluding hydrogens is 274 g/mol. The van der Waals surface area contributed by atoms with Crippen molar-refractivity contribution in [1.29, 1.82) is 5.26 Å². The van der Waals surface area contributed by atoms with Gasteiger partial charge in [0.2, 0.25) is 0 Å². The average Bonchev–Trinajstić information content (AvgIpc) is 2.56. The first-order chi connectivity index (χ1) is 10.7. The monoisotopic (exact) mass is 293 g/mol. The molecule has 0 bridgehead atoms. The zero-order valence-electron chi connectivity index (χ0n) is 12.8. The normalized spacial score (nSPS) is 9.86. The zero-order chi connectivity index (χ0) is 15.9. The molecule has 4 heteroatoms. The number of amides is 1. The van der Waals surface area contributed by atoms with Crippen LogP contribution in [0.2, 0.25) is 0 Å². The van der Waals surface area contributed by atoms with Gasteiger partial charge in [0.05, 0.1) is 11.6 Å². The Morgan fingerprint density at radius 2 is 1.77 bits per heavy atom. The van der Waals surface area contributed by atoms with E-state index in [-0.39, 0.29) is 5.91 Å². The lowest BCUT2D eigenvalue weighted by molar-refractivity contribution is 0.0773. The molecule has 0 aliphatic rings. The van der Waals surface area contributed by atoms with Crippen LogP contribution in [-0.4, -0.2) is 23.9 Å². The first-order valence-corrected chi connectivity index (χ1v) is 7.34. The summed E-state index contributed by atoms with van der Waals surface area (Å²) in [6, 6.07) is 16.8. The minimum Gasteiger partial charge on any atom is -0.355 e. The van der Waals surface area contributed by atoms with Crippen molar-refractivity contribution in [2.45, 2.75) is 13.8 Å².